The third-order valence-corrected chi connectivity index (χ3v) is 5.58. The smallest absolute Gasteiger partial charge is 0.261 e. The Hall–Kier alpha value is -2.54. The summed E-state index contributed by atoms with van der Waals surface area (Å²) in [5.74, 6) is -0.378. The molecule has 0 aliphatic rings. The first-order valence-corrected chi connectivity index (χ1v) is 10.0. The molecule has 3 rings (SSSR count). The summed E-state index contributed by atoms with van der Waals surface area (Å²) in [6.07, 6.45) is 0. The second-order valence-corrected chi connectivity index (χ2v) is 8.10. The van der Waals surface area contributed by atoms with Gasteiger partial charge in [0.2, 0.25) is 0 Å². The van der Waals surface area contributed by atoms with E-state index in [2.05, 4.69) is 10.0 Å². The van der Waals surface area contributed by atoms with Crippen molar-refractivity contribution in [3.63, 3.8) is 0 Å². The molecule has 138 valence electrons. The summed E-state index contributed by atoms with van der Waals surface area (Å²) in [6, 6.07) is 18.8. The molecule has 0 aliphatic carbocycles. The molecule has 8 heteroatoms. The predicted octanol–water partition coefficient (Wildman–Crippen LogP) is 5.05. The van der Waals surface area contributed by atoms with Crippen LogP contribution in [0.25, 0.3) is 0 Å². The molecule has 0 saturated carbocycles. The van der Waals surface area contributed by atoms with Crippen molar-refractivity contribution in [2.45, 2.75) is 4.90 Å². The lowest BCUT2D eigenvalue weighted by Crippen LogP contribution is -2.14. The number of carbonyl (C=O) groups is 1. The number of sulfonamides is 1. The summed E-state index contributed by atoms with van der Waals surface area (Å²) >= 11 is 11.9. The first kappa shape index (κ1) is 19.2. The number of rotatable bonds is 5. The average Bonchev–Trinajstić information content (AvgIpc) is 2.65. The second kappa shape index (κ2) is 8.00. The van der Waals surface area contributed by atoms with E-state index in [0.717, 1.165) is 0 Å². The zero-order valence-corrected chi connectivity index (χ0v) is 16.1. The van der Waals surface area contributed by atoms with Crippen LogP contribution in [0.5, 0.6) is 0 Å². The largest absolute Gasteiger partial charge is 0.321 e. The van der Waals surface area contributed by atoms with E-state index in [9.17, 15) is 13.2 Å². The highest BCUT2D eigenvalue weighted by Crippen LogP contribution is 2.26. The Labute approximate surface area is 167 Å². The molecule has 0 saturated heterocycles. The molecule has 0 bridgehead atoms. The van der Waals surface area contributed by atoms with Crippen molar-refractivity contribution in [3.05, 3.63) is 88.4 Å². The van der Waals surface area contributed by atoms with Crippen LogP contribution in [0.15, 0.2) is 77.7 Å². The summed E-state index contributed by atoms with van der Waals surface area (Å²) in [6.45, 7) is 0. The molecule has 0 unspecified atom stereocenters. The van der Waals surface area contributed by atoms with E-state index in [1.54, 1.807) is 30.3 Å². The van der Waals surface area contributed by atoms with Crippen molar-refractivity contribution in [3.8, 4) is 0 Å². The molecule has 0 fully saturated rings. The number of carbonyl (C=O) groups excluding carboxylic acids is 1. The van der Waals surface area contributed by atoms with E-state index in [-0.39, 0.29) is 10.8 Å². The van der Waals surface area contributed by atoms with Gasteiger partial charge in [0.25, 0.3) is 15.9 Å². The van der Waals surface area contributed by atoms with Crippen LogP contribution >= 0.6 is 23.2 Å². The van der Waals surface area contributed by atoms with Gasteiger partial charge in [-0.2, -0.15) is 0 Å². The van der Waals surface area contributed by atoms with E-state index in [4.69, 9.17) is 23.2 Å². The number of hydrogen-bond donors (Lipinski definition) is 2. The van der Waals surface area contributed by atoms with Gasteiger partial charge in [-0.1, -0.05) is 41.4 Å². The van der Waals surface area contributed by atoms with E-state index < -0.39 is 10.0 Å². The van der Waals surface area contributed by atoms with Crippen molar-refractivity contribution < 1.29 is 13.2 Å². The highest BCUT2D eigenvalue weighted by Gasteiger charge is 2.14. The molecular formula is C19H14Cl2N2O3S. The number of benzene rings is 3. The standard InChI is InChI=1S/C19H14Cl2N2O3S/c20-14-8-11-18(17(21)12-14)22-19(24)13-6-9-15(10-7-13)23-27(25,26)16-4-2-1-3-5-16/h1-12,23H,(H,22,24). The summed E-state index contributed by atoms with van der Waals surface area (Å²) in [7, 11) is -3.69. The molecular weight excluding hydrogens is 407 g/mol. The fourth-order valence-corrected chi connectivity index (χ4v) is 3.82. The lowest BCUT2D eigenvalue weighted by Gasteiger charge is -2.10. The van der Waals surface area contributed by atoms with Crippen molar-refractivity contribution in [2.24, 2.45) is 0 Å². The third-order valence-electron chi connectivity index (χ3n) is 3.63. The van der Waals surface area contributed by atoms with Crippen molar-refractivity contribution in [1.29, 1.82) is 0 Å². The number of halogens is 2. The highest BCUT2D eigenvalue weighted by atomic mass is 35.5. The van der Waals surface area contributed by atoms with Crippen LogP contribution < -0.4 is 10.0 Å². The van der Waals surface area contributed by atoms with Crippen molar-refractivity contribution in [2.75, 3.05) is 10.0 Å². The third kappa shape index (κ3) is 4.80. The van der Waals surface area contributed by atoms with Gasteiger partial charge in [-0.15, -0.1) is 0 Å². The summed E-state index contributed by atoms with van der Waals surface area (Å²) < 4.78 is 27.1. The van der Waals surface area contributed by atoms with Gasteiger partial charge in [-0.05, 0) is 54.6 Å². The molecule has 0 heterocycles. The first-order chi connectivity index (χ1) is 12.8. The van der Waals surface area contributed by atoms with Crippen LogP contribution in [0, 0.1) is 0 Å². The van der Waals surface area contributed by atoms with E-state index >= 15 is 0 Å². The zero-order chi connectivity index (χ0) is 19.4. The van der Waals surface area contributed by atoms with E-state index in [0.29, 0.717) is 27.0 Å². The maximum Gasteiger partial charge on any atom is 0.261 e. The minimum atomic E-state index is -3.69. The monoisotopic (exact) mass is 420 g/mol. The first-order valence-electron chi connectivity index (χ1n) is 7.79. The van der Waals surface area contributed by atoms with E-state index in [1.807, 2.05) is 0 Å². The Bertz CT molecular complexity index is 1070. The van der Waals surface area contributed by atoms with Gasteiger partial charge in [0.1, 0.15) is 0 Å². The predicted molar refractivity (Wildman–Crippen MR) is 108 cm³/mol. The molecule has 27 heavy (non-hydrogen) atoms. The van der Waals surface area contributed by atoms with Crippen molar-refractivity contribution >= 4 is 50.5 Å². The molecule has 3 aromatic carbocycles. The van der Waals surface area contributed by atoms with Crippen LogP contribution in [0.2, 0.25) is 10.0 Å². The number of hydrogen-bond acceptors (Lipinski definition) is 3. The van der Waals surface area contributed by atoms with Gasteiger partial charge in [0.15, 0.2) is 0 Å². The Morgan fingerprint density at radius 1 is 0.852 bits per heavy atom. The number of anilines is 2. The Kier molecular flexibility index (Phi) is 5.70. The molecule has 0 spiro atoms. The summed E-state index contributed by atoms with van der Waals surface area (Å²) in [4.78, 5) is 12.5. The molecule has 0 radical (unpaired) electrons. The van der Waals surface area contributed by atoms with Crippen LogP contribution in [-0.4, -0.2) is 14.3 Å². The van der Waals surface area contributed by atoms with Gasteiger partial charge in [0.05, 0.1) is 15.6 Å². The zero-order valence-electron chi connectivity index (χ0n) is 13.8. The molecule has 0 atom stereocenters. The summed E-state index contributed by atoms with van der Waals surface area (Å²) in [5.41, 5.74) is 1.13. The van der Waals surface area contributed by atoms with Gasteiger partial charge < -0.3 is 5.32 Å². The Morgan fingerprint density at radius 2 is 1.52 bits per heavy atom. The van der Waals surface area contributed by atoms with Crippen LogP contribution in [0.1, 0.15) is 10.4 Å². The molecule has 1 amide bonds. The number of amides is 1. The fourth-order valence-electron chi connectivity index (χ4n) is 2.29. The fraction of sp³-hybridized carbons (Fsp3) is 0. The maximum absolute atomic E-state index is 12.3. The van der Waals surface area contributed by atoms with Gasteiger partial charge in [-0.25, -0.2) is 8.42 Å². The average molecular weight is 421 g/mol. The minimum absolute atomic E-state index is 0.157. The van der Waals surface area contributed by atoms with Crippen LogP contribution in [0.3, 0.4) is 0 Å². The molecule has 0 aliphatic heterocycles. The summed E-state index contributed by atoms with van der Waals surface area (Å²) in [5, 5.41) is 3.47. The topological polar surface area (TPSA) is 75.3 Å². The Balaban J connectivity index is 1.72. The van der Waals surface area contributed by atoms with Crippen LogP contribution in [-0.2, 0) is 10.0 Å². The number of nitrogens with one attached hydrogen (secondary N) is 2. The lowest BCUT2D eigenvalue weighted by molar-refractivity contribution is 0.102. The maximum atomic E-state index is 12.3. The SMILES string of the molecule is O=C(Nc1ccc(Cl)cc1Cl)c1ccc(NS(=O)(=O)c2ccccc2)cc1. The molecule has 0 aromatic heterocycles. The highest BCUT2D eigenvalue weighted by molar-refractivity contribution is 7.92. The van der Waals surface area contributed by atoms with Gasteiger partial charge in [-0.3, -0.25) is 9.52 Å². The molecule has 5 nitrogen and oxygen atoms in total. The van der Waals surface area contributed by atoms with Crippen molar-refractivity contribution in [1.82, 2.24) is 0 Å². The van der Waals surface area contributed by atoms with Crippen LogP contribution in [0.4, 0.5) is 11.4 Å². The van der Waals surface area contributed by atoms with E-state index in [1.165, 1.54) is 42.5 Å². The van der Waals surface area contributed by atoms with Gasteiger partial charge >= 0.3 is 0 Å². The lowest BCUT2D eigenvalue weighted by atomic mass is 10.2. The van der Waals surface area contributed by atoms with Gasteiger partial charge in [0, 0.05) is 16.3 Å². The molecule has 2 N–H and O–H groups in total. The molecule has 3 aromatic rings. The Morgan fingerprint density at radius 3 is 2.15 bits per heavy atom. The quantitative estimate of drug-likeness (QED) is 0.606. The normalized spacial score (nSPS) is 11.0. The minimum Gasteiger partial charge on any atom is -0.321 e. The second-order valence-electron chi connectivity index (χ2n) is 5.57.